The summed E-state index contributed by atoms with van der Waals surface area (Å²) in [5.41, 5.74) is 3.57. The molecule has 3 fully saturated rings. The molecule has 3 atom stereocenters. The Hall–Kier alpha value is -0.900. The van der Waals surface area contributed by atoms with Crippen LogP contribution in [0.15, 0.2) is 24.3 Å². The van der Waals surface area contributed by atoms with Gasteiger partial charge in [-0.1, -0.05) is 24.3 Å². The van der Waals surface area contributed by atoms with Gasteiger partial charge in [0.2, 0.25) is 0 Å². The van der Waals surface area contributed by atoms with Crippen molar-refractivity contribution in [1.82, 2.24) is 9.80 Å². The normalized spacial score (nSPS) is 33.5. The minimum absolute atomic E-state index is 0.0523. The van der Waals surface area contributed by atoms with E-state index in [1.54, 1.807) is 0 Å². The maximum Gasteiger partial charge on any atom is 0.0992 e. The Labute approximate surface area is 171 Å². The first kappa shape index (κ1) is 19.1. The van der Waals surface area contributed by atoms with Crippen molar-refractivity contribution in [2.24, 2.45) is 11.3 Å². The Kier molecular flexibility index (Phi) is 4.84. The van der Waals surface area contributed by atoms with E-state index in [1.807, 2.05) is 0 Å². The lowest BCUT2D eigenvalue weighted by atomic mass is 9.72. The molecule has 0 amide bonds. The number of ether oxygens (including phenoxy) is 1. The molecule has 3 heteroatoms. The summed E-state index contributed by atoms with van der Waals surface area (Å²) in [5, 5.41) is 0. The van der Waals surface area contributed by atoms with Gasteiger partial charge in [-0.25, -0.2) is 0 Å². The van der Waals surface area contributed by atoms with Crippen LogP contribution in [0.5, 0.6) is 0 Å². The first-order valence-electron chi connectivity index (χ1n) is 11.7. The topological polar surface area (TPSA) is 15.7 Å². The molecule has 1 aromatic rings. The molecule has 0 aromatic heterocycles. The number of hydrogen-bond donors (Lipinski definition) is 0. The zero-order valence-electron chi connectivity index (χ0n) is 18.1. The Morgan fingerprint density at radius 1 is 1.04 bits per heavy atom. The van der Waals surface area contributed by atoms with Gasteiger partial charge in [0.25, 0.3) is 0 Å². The second-order valence-corrected chi connectivity index (χ2v) is 10.5. The molecule has 154 valence electrons. The summed E-state index contributed by atoms with van der Waals surface area (Å²) < 4.78 is 6.69. The molecular weight excluding hydrogens is 344 g/mol. The highest BCUT2D eigenvalue weighted by molar-refractivity contribution is 5.37. The molecule has 3 nitrogen and oxygen atoms in total. The maximum absolute atomic E-state index is 6.69. The van der Waals surface area contributed by atoms with E-state index in [4.69, 9.17) is 4.74 Å². The van der Waals surface area contributed by atoms with Gasteiger partial charge in [0, 0.05) is 37.6 Å². The van der Waals surface area contributed by atoms with E-state index >= 15 is 0 Å². The first-order valence-corrected chi connectivity index (χ1v) is 11.7. The Balaban J connectivity index is 1.38. The van der Waals surface area contributed by atoms with Gasteiger partial charge in [-0.15, -0.1) is 0 Å². The average molecular weight is 383 g/mol. The molecule has 1 aliphatic carbocycles. The highest BCUT2D eigenvalue weighted by atomic mass is 16.5. The second-order valence-electron chi connectivity index (χ2n) is 10.5. The van der Waals surface area contributed by atoms with E-state index in [0.717, 1.165) is 19.6 Å². The van der Waals surface area contributed by atoms with Gasteiger partial charge in [0.15, 0.2) is 0 Å². The SMILES string of the molecule is CC(C)N1CCC2(OCc3ccccc32)C(CC(C)N2CCCC3(CC3)C2)C1. The van der Waals surface area contributed by atoms with E-state index in [2.05, 4.69) is 54.8 Å². The van der Waals surface area contributed by atoms with E-state index in [-0.39, 0.29) is 5.60 Å². The number of hydrogen-bond acceptors (Lipinski definition) is 3. The van der Waals surface area contributed by atoms with Crippen molar-refractivity contribution in [2.75, 3.05) is 26.2 Å². The molecule has 3 unspecified atom stereocenters. The lowest BCUT2D eigenvalue weighted by molar-refractivity contribution is -0.131. The van der Waals surface area contributed by atoms with Gasteiger partial charge in [-0.3, -0.25) is 0 Å². The third-order valence-corrected chi connectivity index (χ3v) is 8.47. The fraction of sp³-hybridized carbons (Fsp3) is 0.760. The molecule has 2 spiro atoms. The molecule has 28 heavy (non-hydrogen) atoms. The van der Waals surface area contributed by atoms with Gasteiger partial charge in [0.1, 0.15) is 0 Å². The van der Waals surface area contributed by atoms with Crippen LogP contribution in [0.25, 0.3) is 0 Å². The largest absolute Gasteiger partial charge is 0.365 e. The summed E-state index contributed by atoms with van der Waals surface area (Å²) in [5.74, 6) is 0.583. The zero-order valence-corrected chi connectivity index (χ0v) is 18.1. The smallest absolute Gasteiger partial charge is 0.0992 e. The number of benzene rings is 1. The monoisotopic (exact) mass is 382 g/mol. The summed E-state index contributed by atoms with van der Waals surface area (Å²) in [6.45, 7) is 13.0. The van der Waals surface area contributed by atoms with Gasteiger partial charge >= 0.3 is 0 Å². The van der Waals surface area contributed by atoms with Gasteiger partial charge in [0.05, 0.1) is 12.2 Å². The van der Waals surface area contributed by atoms with Gasteiger partial charge < -0.3 is 14.5 Å². The third-order valence-electron chi connectivity index (χ3n) is 8.47. The minimum Gasteiger partial charge on any atom is -0.365 e. The van der Waals surface area contributed by atoms with Crippen LogP contribution >= 0.6 is 0 Å². The number of nitrogens with zero attached hydrogens (tertiary/aromatic N) is 2. The molecular formula is C25H38N2O. The summed E-state index contributed by atoms with van der Waals surface area (Å²) in [6, 6.07) is 10.3. The van der Waals surface area contributed by atoms with Crippen molar-refractivity contribution in [3.63, 3.8) is 0 Å². The number of likely N-dealkylation sites (tertiary alicyclic amines) is 2. The Morgan fingerprint density at radius 2 is 1.86 bits per heavy atom. The predicted molar refractivity (Wildman–Crippen MR) is 114 cm³/mol. The molecule has 0 N–H and O–H groups in total. The van der Waals surface area contributed by atoms with Crippen LogP contribution < -0.4 is 0 Å². The molecule has 0 bridgehead atoms. The van der Waals surface area contributed by atoms with Crippen LogP contribution in [0.1, 0.15) is 70.4 Å². The van der Waals surface area contributed by atoms with Gasteiger partial charge in [-0.2, -0.15) is 0 Å². The molecule has 3 heterocycles. The van der Waals surface area contributed by atoms with Crippen molar-refractivity contribution in [3.8, 4) is 0 Å². The van der Waals surface area contributed by atoms with Crippen LogP contribution in [0, 0.1) is 11.3 Å². The zero-order chi connectivity index (χ0) is 19.4. The quantitative estimate of drug-likeness (QED) is 0.744. The van der Waals surface area contributed by atoms with Crippen LogP contribution in [0.3, 0.4) is 0 Å². The average Bonchev–Trinajstić information content (AvgIpc) is 3.34. The standard InChI is InChI=1S/C25H38N2O/c1-19(2)26-14-12-25(23-8-5-4-7-21(23)17-28-25)22(16-26)15-20(3)27-13-6-9-24(18-27)10-11-24/h4-5,7-8,19-20,22H,6,9-18H2,1-3H3. The summed E-state index contributed by atoms with van der Waals surface area (Å²) in [6.07, 6.45) is 8.22. The number of fused-ring (bicyclic) bond motifs is 2. The van der Waals surface area contributed by atoms with Crippen LogP contribution in [0.4, 0.5) is 0 Å². The molecule has 1 aromatic carbocycles. The van der Waals surface area contributed by atoms with E-state index < -0.39 is 0 Å². The van der Waals surface area contributed by atoms with Crippen LogP contribution in [-0.4, -0.2) is 48.1 Å². The van der Waals surface area contributed by atoms with Crippen molar-refractivity contribution in [1.29, 1.82) is 0 Å². The molecule has 0 radical (unpaired) electrons. The van der Waals surface area contributed by atoms with E-state index in [0.29, 0.717) is 23.4 Å². The lowest BCUT2D eigenvalue weighted by Crippen LogP contribution is -2.54. The second kappa shape index (κ2) is 7.11. The maximum atomic E-state index is 6.69. The van der Waals surface area contributed by atoms with Crippen molar-refractivity contribution in [2.45, 2.75) is 83.6 Å². The fourth-order valence-electron chi connectivity index (χ4n) is 6.43. The molecule has 4 aliphatic rings. The highest BCUT2D eigenvalue weighted by Crippen LogP contribution is 2.53. The molecule has 3 aliphatic heterocycles. The fourth-order valence-corrected chi connectivity index (χ4v) is 6.43. The van der Waals surface area contributed by atoms with E-state index in [1.165, 1.54) is 62.9 Å². The van der Waals surface area contributed by atoms with Gasteiger partial charge in [-0.05, 0) is 82.4 Å². The molecule has 5 rings (SSSR count). The van der Waals surface area contributed by atoms with Crippen LogP contribution in [-0.2, 0) is 16.9 Å². The van der Waals surface area contributed by atoms with Crippen molar-refractivity contribution in [3.05, 3.63) is 35.4 Å². The third kappa shape index (κ3) is 3.24. The first-order chi connectivity index (χ1) is 13.5. The molecule has 1 saturated carbocycles. The van der Waals surface area contributed by atoms with Crippen LogP contribution in [0.2, 0.25) is 0 Å². The summed E-state index contributed by atoms with van der Waals surface area (Å²) >= 11 is 0. The highest BCUT2D eigenvalue weighted by Gasteiger charge is 2.51. The Morgan fingerprint density at radius 3 is 2.64 bits per heavy atom. The summed E-state index contributed by atoms with van der Waals surface area (Å²) in [7, 11) is 0. The van der Waals surface area contributed by atoms with Crippen molar-refractivity contribution >= 4 is 0 Å². The minimum atomic E-state index is -0.0523. The number of piperidine rings is 2. The Bertz CT molecular complexity index is 712. The predicted octanol–water partition coefficient (Wildman–Crippen LogP) is 4.80. The lowest BCUT2D eigenvalue weighted by Gasteiger charge is -2.49. The summed E-state index contributed by atoms with van der Waals surface area (Å²) in [4.78, 5) is 5.50. The number of rotatable bonds is 4. The molecule has 2 saturated heterocycles. The van der Waals surface area contributed by atoms with E-state index in [9.17, 15) is 0 Å². The van der Waals surface area contributed by atoms with Crippen molar-refractivity contribution < 1.29 is 4.74 Å².